The van der Waals surface area contributed by atoms with Gasteiger partial charge in [0.25, 0.3) is 5.91 Å². The Balaban J connectivity index is 2.45. The van der Waals surface area contributed by atoms with Gasteiger partial charge in [0.15, 0.2) is 10.8 Å². The van der Waals surface area contributed by atoms with E-state index in [1.807, 2.05) is 0 Å². The SMILES string of the molecule is CNC(=O)CCN1C(=S)N(c2cnc(C#N)c(C(F)(F)F)c2)C(=O)C1(C)C. The number of hydrogen-bond donors (Lipinski definition) is 1. The maximum atomic E-state index is 13.2. The van der Waals surface area contributed by atoms with Crippen molar-refractivity contribution in [2.75, 3.05) is 18.5 Å². The summed E-state index contributed by atoms with van der Waals surface area (Å²) in [6.45, 7) is 3.24. The number of nitrogens with zero attached hydrogens (tertiary/aromatic N) is 4. The van der Waals surface area contributed by atoms with Crippen LogP contribution in [0.15, 0.2) is 12.3 Å². The van der Waals surface area contributed by atoms with Gasteiger partial charge >= 0.3 is 6.18 Å². The summed E-state index contributed by atoms with van der Waals surface area (Å²) in [6.07, 6.45) is -3.76. The Morgan fingerprint density at radius 3 is 2.59 bits per heavy atom. The van der Waals surface area contributed by atoms with Crippen molar-refractivity contribution in [3.8, 4) is 6.07 Å². The zero-order valence-corrected chi connectivity index (χ0v) is 15.5. The Kier molecular flexibility index (Phi) is 5.42. The first-order chi connectivity index (χ1) is 12.4. The highest BCUT2D eigenvalue weighted by molar-refractivity contribution is 7.80. The van der Waals surface area contributed by atoms with Crippen LogP contribution in [0, 0.1) is 11.3 Å². The quantitative estimate of drug-likeness (QED) is 0.777. The summed E-state index contributed by atoms with van der Waals surface area (Å²) < 4.78 is 39.6. The van der Waals surface area contributed by atoms with Gasteiger partial charge < -0.3 is 10.2 Å². The van der Waals surface area contributed by atoms with Gasteiger partial charge in [0.2, 0.25) is 5.91 Å². The molecule has 11 heteroatoms. The first-order valence-electron chi connectivity index (χ1n) is 7.79. The van der Waals surface area contributed by atoms with Crippen molar-refractivity contribution in [1.82, 2.24) is 15.2 Å². The van der Waals surface area contributed by atoms with E-state index in [1.165, 1.54) is 18.0 Å². The van der Waals surface area contributed by atoms with Crippen LogP contribution in [-0.2, 0) is 15.8 Å². The molecule has 27 heavy (non-hydrogen) atoms. The van der Waals surface area contributed by atoms with Crippen molar-refractivity contribution in [3.63, 3.8) is 0 Å². The third-order valence-corrected chi connectivity index (χ3v) is 4.61. The lowest BCUT2D eigenvalue weighted by molar-refractivity contribution is -0.138. The summed E-state index contributed by atoms with van der Waals surface area (Å²) in [5.41, 5.74) is -3.39. The van der Waals surface area contributed by atoms with Crippen LogP contribution in [-0.4, -0.2) is 45.9 Å². The van der Waals surface area contributed by atoms with Gasteiger partial charge in [-0.1, -0.05) is 0 Å². The molecule has 2 heterocycles. The van der Waals surface area contributed by atoms with Gasteiger partial charge in [-0.3, -0.25) is 14.5 Å². The predicted molar refractivity (Wildman–Crippen MR) is 93.5 cm³/mol. The first-order valence-corrected chi connectivity index (χ1v) is 8.20. The summed E-state index contributed by atoms with van der Waals surface area (Å²) in [5.74, 6) is -0.817. The van der Waals surface area contributed by atoms with E-state index in [2.05, 4.69) is 10.3 Å². The molecule has 7 nitrogen and oxygen atoms in total. The van der Waals surface area contributed by atoms with E-state index in [0.29, 0.717) is 6.07 Å². The largest absolute Gasteiger partial charge is 0.419 e. The van der Waals surface area contributed by atoms with Crippen LogP contribution >= 0.6 is 12.2 Å². The Morgan fingerprint density at radius 2 is 2.07 bits per heavy atom. The minimum Gasteiger partial charge on any atom is -0.359 e. The van der Waals surface area contributed by atoms with Crippen LogP contribution in [0.5, 0.6) is 0 Å². The zero-order valence-electron chi connectivity index (χ0n) is 14.7. The van der Waals surface area contributed by atoms with E-state index in [1.54, 1.807) is 13.8 Å². The van der Waals surface area contributed by atoms with Crippen molar-refractivity contribution in [2.45, 2.75) is 32.0 Å². The number of hydrogen-bond acceptors (Lipinski definition) is 5. The van der Waals surface area contributed by atoms with E-state index in [9.17, 15) is 22.8 Å². The Hall–Kier alpha value is -2.74. The van der Waals surface area contributed by atoms with Crippen molar-refractivity contribution >= 4 is 34.8 Å². The molecular weight excluding hydrogens is 383 g/mol. The minimum absolute atomic E-state index is 0.0338. The molecular formula is C16H16F3N5O2S. The first kappa shape index (κ1) is 20.6. The number of nitrogens with one attached hydrogen (secondary N) is 1. The molecule has 0 aromatic carbocycles. The third kappa shape index (κ3) is 3.71. The second-order valence-corrected chi connectivity index (χ2v) is 6.62. The van der Waals surface area contributed by atoms with Crippen molar-refractivity contribution in [2.24, 2.45) is 0 Å². The van der Waals surface area contributed by atoms with Gasteiger partial charge in [-0.05, 0) is 32.1 Å². The van der Waals surface area contributed by atoms with Gasteiger partial charge in [0, 0.05) is 20.0 Å². The summed E-state index contributed by atoms with van der Waals surface area (Å²) in [7, 11) is 1.47. The third-order valence-electron chi connectivity index (χ3n) is 4.21. The van der Waals surface area contributed by atoms with E-state index in [0.717, 1.165) is 11.1 Å². The molecule has 1 fully saturated rings. The molecule has 0 unspecified atom stereocenters. The molecule has 2 amide bonds. The molecule has 0 aliphatic carbocycles. The van der Waals surface area contributed by atoms with Crippen molar-refractivity contribution in [1.29, 1.82) is 5.26 Å². The average Bonchev–Trinajstić information content (AvgIpc) is 2.76. The van der Waals surface area contributed by atoms with Gasteiger partial charge in [0.05, 0.1) is 17.4 Å². The fourth-order valence-corrected chi connectivity index (χ4v) is 3.17. The van der Waals surface area contributed by atoms with E-state index in [4.69, 9.17) is 17.5 Å². The molecule has 1 saturated heterocycles. The standard InChI is InChI=1S/C16H16F3N5O2S/c1-15(2)13(26)24(14(27)23(15)5-4-12(25)21-3)9-6-10(16(17,18)19)11(7-20)22-8-9/h6,8H,4-5H2,1-3H3,(H,21,25). The lowest BCUT2D eigenvalue weighted by Gasteiger charge is -2.29. The molecule has 0 spiro atoms. The highest BCUT2D eigenvalue weighted by atomic mass is 32.1. The van der Waals surface area contributed by atoms with Crippen LogP contribution in [0.4, 0.5) is 18.9 Å². The summed E-state index contributed by atoms with van der Waals surface area (Å²) in [5, 5.41) is 11.3. The zero-order chi connectivity index (χ0) is 20.6. The monoisotopic (exact) mass is 399 g/mol. The average molecular weight is 399 g/mol. The number of amides is 2. The van der Waals surface area contributed by atoms with Crippen LogP contribution in [0.3, 0.4) is 0 Å². The summed E-state index contributed by atoms with van der Waals surface area (Å²) >= 11 is 5.28. The fraction of sp³-hybridized carbons (Fsp3) is 0.438. The normalized spacial score (nSPS) is 16.5. The number of thiocarbonyl (C=S) groups is 1. The molecule has 0 radical (unpaired) electrons. The van der Waals surface area contributed by atoms with Crippen LogP contribution < -0.4 is 10.2 Å². The van der Waals surface area contributed by atoms with Gasteiger partial charge in [-0.2, -0.15) is 18.4 Å². The van der Waals surface area contributed by atoms with Gasteiger partial charge in [-0.25, -0.2) is 4.98 Å². The molecule has 1 aromatic rings. The Morgan fingerprint density at radius 1 is 1.44 bits per heavy atom. The van der Waals surface area contributed by atoms with Crippen LogP contribution in [0.25, 0.3) is 0 Å². The molecule has 1 aromatic heterocycles. The molecule has 1 aliphatic heterocycles. The molecule has 2 rings (SSSR count). The molecule has 0 bridgehead atoms. The molecule has 1 aliphatic rings. The molecule has 0 saturated carbocycles. The second-order valence-electron chi connectivity index (χ2n) is 6.26. The van der Waals surface area contributed by atoms with Crippen molar-refractivity contribution in [3.05, 3.63) is 23.5 Å². The smallest absolute Gasteiger partial charge is 0.359 e. The van der Waals surface area contributed by atoms with Gasteiger partial charge in [-0.15, -0.1) is 0 Å². The number of pyridine rings is 1. The lowest BCUT2D eigenvalue weighted by Crippen LogP contribution is -2.45. The molecule has 1 N–H and O–H groups in total. The highest BCUT2D eigenvalue weighted by Gasteiger charge is 2.50. The van der Waals surface area contributed by atoms with E-state index in [-0.39, 0.29) is 29.7 Å². The van der Waals surface area contributed by atoms with Crippen LogP contribution in [0.2, 0.25) is 0 Å². The number of carbonyl (C=O) groups excluding carboxylic acids is 2. The number of aromatic nitrogens is 1. The maximum Gasteiger partial charge on any atom is 0.419 e. The number of rotatable bonds is 4. The molecule has 0 atom stereocenters. The van der Waals surface area contributed by atoms with E-state index >= 15 is 0 Å². The minimum atomic E-state index is -4.81. The number of halogens is 3. The van der Waals surface area contributed by atoms with Crippen LogP contribution in [0.1, 0.15) is 31.5 Å². The Labute approximate surface area is 158 Å². The summed E-state index contributed by atoms with van der Waals surface area (Å²) in [4.78, 5) is 30.2. The summed E-state index contributed by atoms with van der Waals surface area (Å²) in [6, 6.07) is 2.06. The topological polar surface area (TPSA) is 89.3 Å². The highest BCUT2D eigenvalue weighted by Crippen LogP contribution is 2.36. The van der Waals surface area contributed by atoms with Gasteiger partial charge in [0.1, 0.15) is 11.6 Å². The number of nitriles is 1. The number of anilines is 1. The fourth-order valence-electron chi connectivity index (χ4n) is 2.66. The second kappa shape index (κ2) is 7.11. The predicted octanol–water partition coefficient (Wildman–Crippen LogP) is 1.82. The maximum absolute atomic E-state index is 13.2. The number of alkyl halides is 3. The lowest BCUT2D eigenvalue weighted by atomic mass is 10.0. The van der Waals surface area contributed by atoms with E-state index < -0.39 is 28.9 Å². The van der Waals surface area contributed by atoms with Crippen molar-refractivity contribution < 1.29 is 22.8 Å². The number of carbonyl (C=O) groups is 2. The Bertz CT molecular complexity index is 847. The molecule has 144 valence electrons.